The molecule has 1 N–H and O–H groups in total. The zero-order chi connectivity index (χ0) is 56.1. The lowest BCUT2D eigenvalue weighted by molar-refractivity contribution is 0.446. The maximum atomic E-state index is 12.8. The minimum Gasteiger partial charge on any atom is -0.507 e. The summed E-state index contributed by atoms with van der Waals surface area (Å²) in [6.45, 7) is 33.6. The zero-order valence-electron chi connectivity index (χ0n) is 48.8. The molecule has 0 spiro atoms. The van der Waals surface area contributed by atoms with E-state index in [1.54, 1.807) is 0 Å². The highest BCUT2D eigenvalue weighted by Crippen LogP contribution is 2.48. The molecule has 398 valence electrons. The summed E-state index contributed by atoms with van der Waals surface area (Å²) in [7, 11) is 0. The van der Waals surface area contributed by atoms with Gasteiger partial charge in [0.1, 0.15) is 22.7 Å². The molecule has 11 aromatic rings. The smallest absolute Gasteiger partial charge is 0.153 e. The molecule has 0 radical (unpaired) electrons. The first-order valence-corrected chi connectivity index (χ1v) is 27.9. The van der Waals surface area contributed by atoms with E-state index in [1.807, 2.05) is 12.3 Å². The van der Waals surface area contributed by atoms with E-state index >= 15 is 0 Å². The van der Waals surface area contributed by atoms with Gasteiger partial charge >= 0.3 is 0 Å². The van der Waals surface area contributed by atoms with Gasteiger partial charge in [0.25, 0.3) is 0 Å². The van der Waals surface area contributed by atoms with Crippen LogP contribution < -0.4 is 0 Å². The van der Waals surface area contributed by atoms with Crippen LogP contribution >= 0.6 is 0 Å². The first-order valence-electron chi connectivity index (χ1n) is 27.9. The van der Waals surface area contributed by atoms with Crippen LogP contribution in [0.15, 0.2) is 174 Å². The Morgan fingerprint density at radius 2 is 1.03 bits per heavy atom. The third kappa shape index (κ3) is 9.96. The molecule has 0 saturated heterocycles. The van der Waals surface area contributed by atoms with Crippen molar-refractivity contribution in [2.75, 3.05) is 0 Å². The summed E-state index contributed by atoms with van der Waals surface area (Å²) >= 11 is 0. The highest BCUT2D eigenvalue weighted by molar-refractivity contribution is 6.11. The van der Waals surface area contributed by atoms with E-state index in [9.17, 15) is 5.11 Å². The largest absolute Gasteiger partial charge is 0.507 e. The van der Waals surface area contributed by atoms with E-state index in [0.717, 1.165) is 94.6 Å². The number of aromatic hydroxyl groups is 1. The lowest BCUT2D eigenvalue weighted by Gasteiger charge is -2.28. The fourth-order valence-electron chi connectivity index (χ4n) is 10.9. The molecule has 0 atom stereocenters. The molecule has 79 heavy (non-hydrogen) atoms. The second kappa shape index (κ2) is 19.1. The molecule has 0 saturated carbocycles. The maximum absolute atomic E-state index is 12.8. The van der Waals surface area contributed by atoms with Crippen molar-refractivity contribution in [1.29, 1.82) is 0 Å². The lowest BCUT2D eigenvalue weighted by Crippen LogP contribution is -2.17. The van der Waals surface area contributed by atoms with Crippen LogP contribution in [0.3, 0.4) is 0 Å². The molecule has 0 fully saturated rings. The zero-order valence-corrected chi connectivity index (χ0v) is 48.8. The van der Waals surface area contributed by atoms with Crippen molar-refractivity contribution in [3.8, 4) is 78.7 Å². The molecular formula is C73H74N4O2. The van der Waals surface area contributed by atoms with Gasteiger partial charge < -0.3 is 9.52 Å². The Kier molecular flexibility index (Phi) is 12.8. The van der Waals surface area contributed by atoms with Crippen molar-refractivity contribution >= 4 is 33.1 Å². The molecule has 6 nitrogen and oxygen atoms in total. The number of nitrogens with zero attached hydrogens (tertiary/aromatic N) is 4. The number of hydrogen-bond acceptors (Lipinski definition) is 5. The van der Waals surface area contributed by atoms with Gasteiger partial charge in [0, 0.05) is 39.4 Å². The lowest BCUT2D eigenvalue weighted by atomic mass is 9.79. The Balaban J connectivity index is 1.24. The van der Waals surface area contributed by atoms with Gasteiger partial charge in [-0.25, -0.2) is 9.97 Å². The van der Waals surface area contributed by atoms with E-state index in [4.69, 9.17) is 19.4 Å². The van der Waals surface area contributed by atoms with Crippen molar-refractivity contribution in [2.45, 2.75) is 131 Å². The second-order valence-electron chi connectivity index (χ2n) is 26.9. The predicted octanol–water partition coefficient (Wildman–Crippen LogP) is 19.9. The standard InChI is InChI=1S/C73H74N4O2/c1-69(2,3)49-29-31-61(54(41-49)45-25-20-17-21-26-45)77-62-28-22-27-53(64(62)76-68(77)57-42-52(72(10,11)12)43-58(66(57)78)73(13,14)15)47-37-55(60-39-46(33-34-74-60)44-23-18-16-19-24-44)67-56(38-47)65-63(79-67)32-30-59(75-65)48-35-50(70(4,5)6)40-51(36-48)71(7,8)9/h16-43,78H,1-15H3. The summed E-state index contributed by atoms with van der Waals surface area (Å²) in [5, 5.41) is 13.7. The van der Waals surface area contributed by atoms with Gasteiger partial charge in [-0.3, -0.25) is 9.55 Å². The van der Waals surface area contributed by atoms with Crippen LogP contribution in [-0.4, -0.2) is 24.6 Å². The third-order valence-corrected chi connectivity index (χ3v) is 15.7. The molecule has 4 aromatic heterocycles. The summed E-state index contributed by atoms with van der Waals surface area (Å²) < 4.78 is 9.26. The number of furan rings is 1. The average Bonchev–Trinajstić information content (AvgIpc) is 4.19. The van der Waals surface area contributed by atoms with Crippen molar-refractivity contribution in [1.82, 2.24) is 19.5 Å². The molecule has 7 aromatic carbocycles. The van der Waals surface area contributed by atoms with Crippen LogP contribution in [0.1, 0.15) is 132 Å². The number of pyridine rings is 2. The molecule has 0 aliphatic heterocycles. The van der Waals surface area contributed by atoms with Gasteiger partial charge in [-0.1, -0.05) is 195 Å². The first-order chi connectivity index (χ1) is 37.2. The van der Waals surface area contributed by atoms with Crippen molar-refractivity contribution in [2.24, 2.45) is 0 Å². The Morgan fingerprint density at radius 1 is 0.405 bits per heavy atom. The first kappa shape index (κ1) is 52.9. The van der Waals surface area contributed by atoms with Gasteiger partial charge in [0.05, 0.1) is 33.7 Å². The molecule has 0 aliphatic carbocycles. The number of benzene rings is 7. The summed E-state index contributed by atoms with van der Waals surface area (Å²) in [4.78, 5) is 16.4. The number of imidazole rings is 1. The highest BCUT2D eigenvalue weighted by Gasteiger charge is 2.31. The van der Waals surface area contributed by atoms with Gasteiger partial charge in [0.2, 0.25) is 0 Å². The number of phenolic OH excluding ortho intramolecular Hbond substituents is 1. The van der Waals surface area contributed by atoms with E-state index in [1.165, 1.54) is 16.7 Å². The molecule has 11 rings (SSSR count). The molecule has 0 aliphatic rings. The summed E-state index contributed by atoms with van der Waals surface area (Å²) in [5.41, 5.74) is 20.2. The van der Waals surface area contributed by atoms with E-state index in [2.05, 4.69) is 266 Å². The second-order valence-corrected chi connectivity index (χ2v) is 26.9. The van der Waals surface area contributed by atoms with Crippen molar-refractivity contribution in [3.63, 3.8) is 0 Å². The third-order valence-electron chi connectivity index (χ3n) is 15.7. The summed E-state index contributed by atoms with van der Waals surface area (Å²) in [6, 6.07) is 58.5. The summed E-state index contributed by atoms with van der Waals surface area (Å²) in [5.74, 6) is 0.886. The van der Waals surface area contributed by atoms with Gasteiger partial charge in [-0.2, -0.15) is 0 Å². The Morgan fingerprint density at radius 3 is 1.66 bits per heavy atom. The number of para-hydroxylation sites is 1. The van der Waals surface area contributed by atoms with Crippen LogP contribution in [0.25, 0.3) is 106 Å². The predicted molar refractivity (Wildman–Crippen MR) is 332 cm³/mol. The Bertz CT molecular complexity index is 4110. The van der Waals surface area contributed by atoms with Gasteiger partial charge in [-0.15, -0.1) is 0 Å². The summed E-state index contributed by atoms with van der Waals surface area (Å²) in [6.07, 6.45) is 1.89. The van der Waals surface area contributed by atoms with Gasteiger partial charge in [0.15, 0.2) is 5.58 Å². The van der Waals surface area contributed by atoms with Crippen molar-refractivity contribution < 1.29 is 9.52 Å². The number of rotatable bonds is 7. The molecular weight excluding hydrogens is 965 g/mol. The highest BCUT2D eigenvalue weighted by atomic mass is 16.3. The SMILES string of the molecule is CC(C)(C)c1cc(-c2ccc3oc4c(-c5cc(-c6ccccc6)ccn5)cc(-c5cccc6c5nc(-c5cc(C(C)(C)C)cc(C(C)(C)C)c5O)n6-c5ccc(C(C)(C)C)cc5-c5ccccc5)cc4c3n2)cc(C(C)(C)C)c1. The quantitative estimate of drug-likeness (QED) is 0.172. The van der Waals surface area contributed by atoms with Crippen LogP contribution in [0, 0.1) is 0 Å². The minimum atomic E-state index is -0.366. The normalized spacial score (nSPS) is 12.8. The van der Waals surface area contributed by atoms with E-state index < -0.39 is 0 Å². The van der Waals surface area contributed by atoms with Crippen LogP contribution in [-0.2, 0) is 27.1 Å². The average molecular weight is 1040 g/mol. The van der Waals surface area contributed by atoms with E-state index in [0.29, 0.717) is 22.6 Å². The molecule has 0 amide bonds. The van der Waals surface area contributed by atoms with Crippen molar-refractivity contribution in [3.05, 3.63) is 198 Å². The minimum absolute atomic E-state index is 0.0661. The molecule has 4 heterocycles. The maximum Gasteiger partial charge on any atom is 0.153 e. The molecule has 0 unspecified atom stereocenters. The molecule has 6 heteroatoms. The Labute approximate surface area is 467 Å². The Hall–Kier alpha value is -8.09. The monoisotopic (exact) mass is 1040 g/mol. The van der Waals surface area contributed by atoms with E-state index in [-0.39, 0.29) is 32.8 Å². The number of aromatic nitrogens is 4. The van der Waals surface area contributed by atoms with Crippen LogP contribution in [0.2, 0.25) is 0 Å². The number of phenols is 1. The number of fused-ring (bicyclic) bond motifs is 4. The number of hydrogen-bond donors (Lipinski definition) is 1. The van der Waals surface area contributed by atoms with Crippen LogP contribution in [0.5, 0.6) is 5.75 Å². The van der Waals surface area contributed by atoms with Crippen LogP contribution in [0.4, 0.5) is 0 Å². The fourth-order valence-corrected chi connectivity index (χ4v) is 10.9. The topological polar surface area (TPSA) is 77.0 Å². The van der Waals surface area contributed by atoms with Gasteiger partial charge in [-0.05, 0) is 144 Å². The fraction of sp³-hybridized carbons (Fsp3) is 0.274. The molecule has 0 bridgehead atoms.